The standard InChI is InChI=1S/C16H14IN3/c17-13-6-4-11(5-7-13)16(20-18)15-3-1-2-12-10-19-9-8-14(12)15/h1-10,16,20H,18H2. The highest BCUT2D eigenvalue weighted by molar-refractivity contribution is 14.1. The van der Waals surface area contributed by atoms with Gasteiger partial charge in [-0.05, 0) is 57.3 Å². The van der Waals surface area contributed by atoms with Crippen LogP contribution in [0.5, 0.6) is 0 Å². The summed E-state index contributed by atoms with van der Waals surface area (Å²) in [4.78, 5) is 4.17. The highest BCUT2D eigenvalue weighted by Crippen LogP contribution is 2.28. The Morgan fingerprint density at radius 3 is 2.60 bits per heavy atom. The van der Waals surface area contributed by atoms with Crippen molar-refractivity contribution in [1.29, 1.82) is 0 Å². The molecule has 0 radical (unpaired) electrons. The van der Waals surface area contributed by atoms with Crippen molar-refractivity contribution in [1.82, 2.24) is 10.4 Å². The molecular weight excluding hydrogens is 361 g/mol. The van der Waals surface area contributed by atoms with Crippen LogP contribution in [0, 0.1) is 3.57 Å². The Morgan fingerprint density at radius 1 is 1.05 bits per heavy atom. The van der Waals surface area contributed by atoms with Gasteiger partial charge >= 0.3 is 0 Å². The Bertz CT molecular complexity index is 720. The van der Waals surface area contributed by atoms with E-state index in [2.05, 4.69) is 69.4 Å². The summed E-state index contributed by atoms with van der Waals surface area (Å²) in [5.41, 5.74) is 5.23. The molecule has 4 heteroatoms. The number of fused-ring (bicyclic) bond motifs is 1. The summed E-state index contributed by atoms with van der Waals surface area (Å²) >= 11 is 2.30. The van der Waals surface area contributed by atoms with Gasteiger partial charge in [0.2, 0.25) is 0 Å². The zero-order valence-corrected chi connectivity index (χ0v) is 12.9. The molecule has 1 atom stereocenters. The summed E-state index contributed by atoms with van der Waals surface area (Å²) in [6, 6.07) is 16.6. The number of hydrogen-bond donors (Lipinski definition) is 2. The lowest BCUT2D eigenvalue weighted by atomic mass is 9.95. The minimum atomic E-state index is -0.0295. The predicted octanol–water partition coefficient (Wildman–Crippen LogP) is 3.39. The van der Waals surface area contributed by atoms with Crippen LogP contribution < -0.4 is 11.3 Å². The van der Waals surface area contributed by atoms with Crippen molar-refractivity contribution in [3.8, 4) is 0 Å². The first-order valence-electron chi connectivity index (χ1n) is 6.34. The van der Waals surface area contributed by atoms with Crippen LogP contribution in [0.4, 0.5) is 0 Å². The zero-order chi connectivity index (χ0) is 13.9. The van der Waals surface area contributed by atoms with E-state index in [1.807, 2.05) is 24.5 Å². The molecule has 0 fully saturated rings. The van der Waals surface area contributed by atoms with Gasteiger partial charge in [-0.15, -0.1) is 0 Å². The quantitative estimate of drug-likeness (QED) is 0.419. The van der Waals surface area contributed by atoms with E-state index in [9.17, 15) is 0 Å². The maximum absolute atomic E-state index is 5.80. The van der Waals surface area contributed by atoms with Crippen LogP contribution in [0.15, 0.2) is 60.9 Å². The smallest absolute Gasteiger partial charge is 0.0716 e. The fraction of sp³-hybridized carbons (Fsp3) is 0.0625. The Morgan fingerprint density at radius 2 is 1.85 bits per heavy atom. The van der Waals surface area contributed by atoms with Crippen LogP contribution in [0.3, 0.4) is 0 Å². The molecule has 0 amide bonds. The summed E-state index contributed by atoms with van der Waals surface area (Å²) < 4.78 is 1.21. The third kappa shape index (κ3) is 2.54. The number of nitrogens with zero attached hydrogens (tertiary/aromatic N) is 1. The first kappa shape index (κ1) is 13.5. The third-order valence-corrected chi connectivity index (χ3v) is 4.11. The van der Waals surface area contributed by atoms with E-state index in [1.165, 1.54) is 8.96 Å². The van der Waals surface area contributed by atoms with Crippen molar-refractivity contribution in [2.24, 2.45) is 5.84 Å². The number of hydrogen-bond acceptors (Lipinski definition) is 3. The first-order valence-corrected chi connectivity index (χ1v) is 7.41. The van der Waals surface area contributed by atoms with Gasteiger partial charge in [0.25, 0.3) is 0 Å². The largest absolute Gasteiger partial charge is 0.271 e. The molecule has 0 bridgehead atoms. The molecule has 0 saturated carbocycles. The number of rotatable bonds is 3. The average molecular weight is 375 g/mol. The molecule has 0 aliphatic heterocycles. The van der Waals surface area contributed by atoms with Crippen molar-refractivity contribution in [2.45, 2.75) is 6.04 Å². The molecule has 0 saturated heterocycles. The molecular formula is C16H14IN3. The van der Waals surface area contributed by atoms with Gasteiger partial charge < -0.3 is 0 Å². The van der Waals surface area contributed by atoms with Gasteiger partial charge in [0, 0.05) is 21.4 Å². The van der Waals surface area contributed by atoms with E-state index in [0.29, 0.717) is 0 Å². The minimum Gasteiger partial charge on any atom is -0.271 e. The van der Waals surface area contributed by atoms with Gasteiger partial charge in [0.05, 0.1) is 6.04 Å². The molecule has 2 aromatic carbocycles. The second-order valence-corrected chi connectivity index (χ2v) is 5.84. The number of nitrogens with two attached hydrogens (primary N) is 1. The van der Waals surface area contributed by atoms with Crippen LogP contribution in [0.1, 0.15) is 17.2 Å². The summed E-state index contributed by atoms with van der Waals surface area (Å²) in [7, 11) is 0. The van der Waals surface area contributed by atoms with Crippen LogP contribution in [-0.2, 0) is 0 Å². The minimum absolute atomic E-state index is 0.0295. The molecule has 0 spiro atoms. The Kier molecular flexibility index (Phi) is 3.95. The lowest BCUT2D eigenvalue weighted by Crippen LogP contribution is -2.29. The number of nitrogens with one attached hydrogen (secondary N) is 1. The lowest BCUT2D eigenvalue weighted by Gasteiger charge is -2.19. The molecule has 3 N–H and O–H groups in total. The molecule has 20 heavy (non-hydrogen) atoms. The van der Waals surface area contributed by atoms with E-state index in [-0.39, 0.29) is 6.04 Å². The van der Waals surface area contributed by atoms with E-state index in [1.54, 1.807) is 0 Å². The summed E-state index contributed by atoms with van der Waals surface area (Å²) in [6.07, 6.45) is 3.69. The second-order valence-electron chi connectivity index (χ2n) is 4.60. The average Bonchev–Trinajstić information content (AvgIpc) is 2.50. The fourth-order valence-electron chi connectivity index (χ4n) is 2.42. The molecule has 1 unspecified atom stereocenters. The number of hydrazine groups is 1. The van der Waals surface area contributed by atoms with Crippen LogP contribution >= 0.6 is 22.6 Å². The molecule has 1 aromatic heterocycles. The fourth-order valence-corrected chi connectivity index (χ4v) is 2.78. The van der Waals surface area contributed by atoms with Gasteiger partial charge in [0.1, 0.15) is 0 Å². The number of aromatic nitrogens is 1. The van der Waals surface area contributed by atoms with Crippen molar-refractivity contribution in [3.05, 3.63) is 75.6 Å². The summed E-state index contributed by atoms with van der Waals surface area (Å²) in [6.45, 7) is 0. The van der Waals surface area contributed by atoms with Gasteiger partial charge in [-0.1, -0.05) is 30.3 Å². The highest BCUT2D eigenvalue weighted by atomic mass is 127. The molecule has 3 rings (SSSR count). The van der Waals surface area contributed by atoms with E-state index in [0.717, 1.165) is 16.5 Å². The van der Waals surface area contributed by atoms with Crippen molar-refractivity contribution < 1.29 is 0 Å². The molecule has 0 aliphatic rings. The third-order valence-electron chi connectivity index (χ3n) is 3.40. The van der Waals surface area contributed by atoms with E-state index >= 15 is 0 Å². The van der Waals surface area contributed by atoms with Gasteiger partial charge in [-0.25, -0.2) is 5.43 Å². The molecule has 3 nitrogen and oxygen atoms in total. The van der Waals surface area contributed by atoms with E-state index < -0.39 is 0 Å². The van der Waals surface area contributed by atoms with Gasteiger partial charge in [0.15, 0.2) is 0 Å². The van der Waals surface area contributed by atoms with Gasteiger partial charge in [-0.2, -0.15) is 0 Å². The summed E-state index contributed by atoms with van der Waals surface area (Å²) in [5.74, 6) is 5.80. The first-order chi connectivity index (χ1) is 9.79. The molecule has 100 valence electrons. The van der Waals surface area contributed by atoms with E-state index in [4.69, 9.17) is 5.84 Å². The number of pyridine rings is 1. The van der Waals surface area contributed by atoms with Crippen molar-refractivity contribution >= 4 is 33.4 Å². The maximum Gasteiger partial charge on any atom is 0.0716 e. The molecule has 0 aliphatic carbocycles. The van der Waals surface area contributed by atoms with Crippen molar-refractivity contribution in [2.75, 3.05) is 0 Å². The zero-order valence-electron chi connectivity index (χ0n) is 10.8. The van der Waals surface area contributed by atoms with Crippen molar-refractivity contribution in [3.63, 3.8) is 0 Å². The second kappa shape index (κ2) is 5.87. The monoisotopic (exact) mass is 375 g/mol. The molecule has 3 aromatic rings. The van der Waals surface area contributed by atoms with Crippen LogP contribution in [0.2, 0.25) is 0 Å². The molecule has 1 heterocycles. The highest BCUT2D eigenvalue weighted by Gasteiger charge is 2.14. The van der Waals surface area contributed by atoms with Crippen LogP contribution in [0.25, 0.3) is 10.8 Å². The Labute approximate surface area is 131 Å². The topological polar surface area (TPSA) is 50.9 Å². The van der Waals surface area contributed by atoms with Crippen LogP contribution in [-0.4, -0.2) is 4.98 Å². The lowest BCUT2D eigenvalue weighted by molar-refractivity contribution is 0.641. The SMILES string of the molecule is NNC(c1ccc(I)cc1)c1cccc2cnccc12. The Balaban J connectivity index is 2.14. The Hall–Kier alpha value is -1.50. The normalized spacial score (nSPS) is 12.5. The number of halogens is 1. The predicted molar refractivity (Wildman–Crippen MR) is 90.1 cm³/mol. The van der Waals surface area contributed by atoms with Gasteiger partial charge in [-0.3, -0.25) is 10.8 Å². The summed E-state index contributed by atoms with van der Waals surface area (Å²) in [5, 5.41) is 2.29. The maximum atomic E-state index is 5.80. The number of benzene rings is 2.